The molecule has 0 aliphatic carbocycles. The number of para-hydroxylation sites is 1. The smallest absolute Gasteiger partial charge is 0.241 e. The van der Waals surface area contributed by atoms with Gasteiger partial charge in [-0.25, -0.2) is 0 Å². The van der Waals surface area contributed by atoms with E-state index in [1.165, 1.54) is 12.8 Å². The first-order chi connectivity index (χ1) is 10.1. The van der Waals surface area contributed by atoms with E-state index in [-0.39, 0.29) is 11.9 Å². The molecule has 3 unspecified atom stereocenters. The second kappa shape index (κ2) is 6.16. The highest BCUT2D eigenvalue weighted by Crippen LogP contribution is 2.30. The van der Waals surface area contributed by atoms with Crippen molar-refractivity contribution in [1.82, 2.24) is 10.2 Å². The largest absolute Gasteiger partial charge is 0.325 e. The van der Waals surface area contributed by atoms with Crippen LogP contribution in [0.3, 0.4) is 0 Å². The normalized spacial score (nSPS) is 29.4. The van der Waals surface area contributed by atoms with Crippen LogP contribution >= 0.6 is 0 Å². The number of nitrogens with one attached hydrogen (secondary N) is 2. The van der Waals surface area contributed by atoms with Gasteiger partial charge in [-0.3, -0.25) is 9.69 Å². The van der Waals surface area contributed by atoms with Crippen LogP contribution in [0, 0.1) is 0 Å². The molecule has 3 rings (SSSR count). The fraction of sp³-hybridized carbons (Fsp3) is 0.588. The Hall–Kier alpha value is -1.39. The molecule has 2 bridgehead atoms. The third kappa shape index (κ3) is 3.27. The van der Waals surface area contributed by atoms with Crippen molar-refractivity contribution < 1.29 is 4.79 Å². The topological polar surface area (TPSA) is 44.4 Å². The van der Waals surface area contributed by atoms with Gasteiger partial charge < -0.3 is 10.6 Å². The Morgan fingerprint density at radius 1 is 1.24 bits per heavy atom. The van der Waals surface area contributed by atoms with Gasteiger partial charge in [-0.2, -0.15) is 0 Å². The summed E-state index contributed by atoms with van der Waals surface area (Å²) in [4.78, 5) is 14.7. The van der Waals surface area contributed by atoms with E-state index in [1.807, 2.05) is 37.3 Å². The highest BCUT2D eigenvalue weighted by atomic mass is 16.2. The molecule has 2 aliphatic heterocycles. The fourth-order valence-corrected chi connectivity index (χ4v) is 3.63. The Labute approximate surface area is 126 Å². The molecule has 1 amide bonds. The maximum absolute atomic E-state index is 12.4. The van der Waals surface area contributed by atoms with Gasteiger partial charge in [-0.1, -0.05) is 18.2 Å². The average Bonchev–Trinajstić information content (AvgIpc) is 2.85. The van der Waals surface area contributed by atoms with E-state index in [0.717, 1.165) is 18.5 Å². The molecule has 1 aromatic rings. The summed E-state index contributed by atoms with van der Waals surface area (Å²) < 4.78 is 0. The van der Waals surface area contributed by atoms with E-state index in [0.29, 0.717) is 18.1 Å². The Kier molecular flexibility index (Phi) is 4.27. The number of amides is 1. The van der Waals surface area contributed by atoms with Crippen LogP contribution < -0.4 is 10.6 Å². The summed E-state index contributed by atoms with van der Waals surface area (Å²) in [5.41, 5.74) is 0.869. The van der Waals surface area contributed by atoms with Crippen molar-refractivity contribution in [2.75, 3.05) is 12.4 Å². The fourth-order valence-electron chi connectivity index (χ4n) is 3.63. The first kappa shape index (κ1) is 14.5. The van der Waals surface area contributed by atoms with E-state index in [9.17, 15) is 4.79 Å². The summed E-state index contributed by atoms with van der Waals surface area (Å²) in [6, 6.07) is 11.4. The van der Waals surface area contributed by atoms with Gasteiger partial charge in [0.05, 0.1) is 6.04 Å². The highest BCUT2D eigenvalue weighted by molar-refractivity contribution is 5.94. The van der Waals surface area contributed by atoms with Gasteiger partial charge in [0.25, 0.3) is 0 Å². The first-order valence-electron chi connectivity index (χ1n) is 7.97. The molecule has 114 valence electrons. The predicted octanol–water partition coefficient (Wildman–Crippen LogP) is 2.23. The maximum atomic E-state index is 12.4. The van der Waals surface area contributed by atoms with Gasteiger partial charge >= 0.3 is 0 Å². The van der Waals surface area contributed by atoms with Gasteiger partial charge in [0, 0.05) is 23.8 Å². The Balaban J connectivity index is 1.59. The Morgan fingerprint density at radius 3 is 2.48 bits per heavy atom. The molecule has 0 radical (unpaired) electrons. The molecule has 0 saturated carbocycles. The van der Waals surface area contributed by atoms with Crippen molar-refractivity contribution in [1.29, 1.82) is 0 Å². The number of benzene rings is 1. The number of nitrogens with zero attached hydrogens (tertiary/aromatic N) is 1. The van der Waals surface area contributed by atoms with E-state index in [1.54, 1.807) is 0 Å². The molecule has 2 heterocycles. The summed E-state index contributed by atoms with van der Waals surface area (Å²) in [5, 5.41) is 6.66. The number of anilines is 1. The van der Waals surface area contributed by atoms with Crippen molar-refractivity contribution in [3.63, 3.8) is 0 Å². The van der Waals surface area contributed by atoms with E-state index in [4.69, 9.17) is 0 Å². The molecular formula is C17H25N3O. The number of fused-ring (bicyclic) bond motifs is 2. The van der Waals surface area contributed by atoms with Crippen LogP contribution in [0.5, 0.6) is 0 Å². The summed E-state index contributed by atoms with van der Waals surface area (Å²) in [6.07, 6.45) is 4.91. The quantitative estimate of drug-likeness (QED) is 0.892. The monoisotopic (exact) mass is 287 g/mol. The van der Waals surface area contributed by atoms with Crippen molar-refractivity contribution in [3.8, 4) is 0 Å². The molecule has 0 aromatic heterocycles. The molecule has 0 spiro atoms. The zero-order valence-corrected chi connectivity index (χ0v) is 12.9. The van der Waals surface area contributed by atoms with Crippen molar-refractivity contribution in [2.24, 2.45) is 0 Å². The lowest BCUT2D eigenvalue weighted by atomic mass is 9.97. The lowest BCUT2D eigenvalue weighted by Gasteiger charge is -2.38. The summed E-state index contributed by atoms with van der Waals surface area (Å²) in [6.45, 7) is 2.00. The molecule has 3 atom stereocenters. The standard InChI is InChI=1S/C17H25N3O/c1-12(17(21)19-13-6-4-3-5-7-13)20(2)16-10-14-8-9-15(11-16)18-14/h3-7,12,14-16,18H,8-11H2,1-2H3,(H,19,21). The van der Waals surface area contributed by atoms with Crippen molar-refractivity contribution in [2.45, 2.75) is 56.8 Å². The van der Waals surface area contributed by atoms with Gasteiger partial charge in [-0.05, 0) is 51.8 Å². The number of piperidine rings is 1. The van der Waals surface area contributed by atoms with Gasteiger partial charge in [0.1, 0.15) is 0 Å². The molecule has 4 heteroatoms. The lowest BCUT2D eigenvalue weighted by Crippen LogP contribution is -2.52. The summed E-state index contributed by atoms with van der Waals surface area (Å²) in [7, 11) is 2.09. The third-order valence-corrected chi connectivity index (χ3v) is 5.06. The SMILES string of the molecule is CC(C(=O)Nc1ccccc1)N(C)C1CC2CCC(C1)N2. The third-order valence-electron chi connectivity index (χ3n) is 5.06. The van der Waals surface area contributed by atoms with Crippen molar-refractivity contribution in [3.05, 3.63) is 30.3 Å². The number of carbonyl (C=O) groups is 1. The molecule has 2 aliphatic rings. The second-order valence-electron chi connectivity index (χ2n) is 6.46. The van der Waals surface area contributed by atoms with Gasteiger partial charge in [-0.15, -0.1) is 0 Å². The Bertz CT molecular complexity index is 478. The minimum atomic E-state index is -0.104. The molecule has 21 heavy (non-hydrogen) atoms. The maximum Gasteiger partial charge on any atom is 0.241 e. The summed E-state index contributed by atoms with van der Waals surface area (Å²) >= 11 is 0. The second-order valence-corrected chi connectivity index (χ2v) is 6.46. The molecular weight excluding hydrogens is 262 g/mol. The lowest BCUT2D eigenvalue weighted by molar-refractivity contribution is -0.121. The molecule has 2 saturated heterocycles. The summed E-state index contributed by atoms with van der Waals surface area (Å²) in [5.74, 6) is 0.0783. The number of hydrogen-bond donors (Lipinski definition) is 2. The minimum absolute atomic E-state index is 0.0783. The van der Waals surface area contributed by atoms with Crippen LogP contribution in [0.15, 0.2) is 30.3 Å². The van der Waals surface area contributed by atoms with Crippen LogP contribution in [0.25, 0.3) is 0 Å². The number of hydrogen-bond acceptors (Lipinski definition) is 3. The van der Waals surface area contributed by atoms with E-state index < -0.39 is 0 Å². The highest BCUT2D eigenvalue weighted by Gasteiger charge is 2.37. The van der Waals surface area contributed by atoms with Crippen LogP contribution in [-0.4, -0.2) is 42.0 Å². The number of rotatable bonds is 4. The zero-order valence-electron chi connectivity index (χ0n) is 12.9. The molecule has 2 N–H and O–H groups in total. The molecule has 4 nitrogen and oxygen atoms in total. The minimum Gasteiger partial charge on any atom is -0.325 e. The van der Waals surface area contributed by atoms with Crippen molar-refractivity contribution >= 4 is 11.6 Å². The van der Waals surface area contributed by atoms with E-state index in [2.05, 4.69) is 22.6 Å². The van der Waals surface area contributed by atoms with Gasteiger partial charge in [0.15, 0.2) is 0 Å². The van der Waals surface area contributed by atoms with Gasteiger partial charge in [0.2, 0.25) is 5.91 Å². The number of likely N-dealkylation sites (N-methyl/N-ethyl adjacent to an activating group) is 1. The van der Waals surface area contributed by atoms with E-state index >= 15 is 0 Å². The van der Waals surface area contributed by atoms with Crippen LogP contribution in [-0.2, 0) is 4.79 Å². The predicted molar refractivity (Wildman–Crippen MR) is 85.3 cm³/mol. The van der Waals surface area contributed by atoms with Crippen LogP contribution in [0.4, 0.5) is 5.69 Å². The zero-order chi connectivity index (χ0) is 14.8. The average molecular weight is 287 g/mol. The van der Waals surface area contributed by atoms with Crippen LogP contribution in [0.2, 0.25) is 0 Å². The Morgan fingerprint density at radius 2 is 1.86 bits per heavy atom. The van der Waals surface area contributed by atoms with Crippen LogP contribution in [0.1, 0.15) is 32.6 Å². The molecule has 1 aromatic carbocycles. The first-order valence-corrected chi connectivity index (χ1v) is 7.97. The number of carbonyl (C=O) groups excluding carboxylic acids is 1. The molecule has 2 fully saturated rings.